The first-order valence-corrected chi connectivity index (χ1v) is 15.0. The molecule has 4 atom stereocenters. The van der Waals surface area contributed by atoms with Crippen LogP contribution in [0.5, 0.6) is 0 Å². The normalized spacial score (nSPS) is 24.4. The number of fused-ring (bicyclic) bond motifs is 1. The van der Waals surface area contributed by atoms with Crippen LogP contribution in [0.4, 0.5) is 8.78 Å². The molecule has 1 N–H and O–H groups in total. The van der Waals surface area contributed by atoms with Crippen molar-refractivity contribution < 1.29 is 23.5 Å². The number of aliphatic carboxylic acids is 1. The smallest absolute Gasteiger partial charge is 0.321 e. The summed E-state index contributed by atoms with van der Waals surface area (Å²) in [6, 6.07) is 9.22. The van der Waals surface area contributed by atoms with Gasteiger partial charge in [0.2, 0.25) is 5.91 Å². The molecule has 8 heteroatoms. The first kappa shape index (κ1) is 29.6. The van der Waals surface area contributed by atoms with E-state index < -0.39 is 29.6 Å². The van der Waals surface area contributed by atoms with Crippen LogP contribution in [0.1, 0.15) is 68.7 Å². The van der Waals surface area contributed by atoms with E-state index in [0.717, 1.165) is 30.9 Å². The summed E-state index contributed by atoms with van der Waals surface area (Å²) < 4.78 is 28.7. The number of carboxylic acid groups (broad SMARTS) is 1. The second-order valence-electron chi connectivity index (χ2n) is 13.1. The highest BCUT2D eigenvalue weighted by atomic mass is 19.1. The van der Waals surface area contributed by atoms with Crippen LogP contribution in [0.25, 0.3) is 0 Å². The van der Waals surface area contributed by atoms with E-state index in [0.29, 0.717) is 51.1 Å². The van der Waals surface area contributed by atoms with Crippen LogP contribution in [0.3, 0.4) is 0 Å². The number of nitrogens with zero attached hydrogens (tertiary/aromatic N) is 3. The predicted octanol–water partition coefficient (Wildman–Crippen LogP) is 4.89. The molecule has 0 spiro atoms. The number of carbonyl (C=O) groups excluding carboxylic acids is 1. The molecule has 5 rings (SSSR count). The highest BCUT2D eigenvalue weighted by Gasteiger charge is 2.46. The molecule has 0 aromatic heterocycles. The molecule has 1 amide bonds. The molecule has 0 unspecified atom stereocenters. The van der Waals surface area contributed by atoms with Gasteiger partial charge in [-0.3, -0.25) is 19.4 Å². The Labute approximate surface area is 242 Å². The van der Waals surface area contributed by atoms with Crippen LogP contribution in [0.2, 0.25) is 0 Å². The molecule has 2 aromatic rings. The van der Waals surface area contributed by atoms with Gasteiger partial charge in [0.1, 0.15) is 17.7 Å². The summed E-state index contributed by atoms with van der Waals surface area (Å²) in [5.41, 5.74) is 3.92. The van der Waals surface area contributed by atoms with Crippen LogP contribution < -0.4 is 0 Å². The lowest BCUT2D eigenvalue weighted by atomic mass is 9.86. The lowest BCUT2D eigenvalue weighted by molar-refractivity contribution is -0.147. The van der Waals surface area contributed by atoms with E-state index in [2.05, 4.69) is 43.9 Å². The molecular weight excluding hydrogens is 524 g/mol. The quantitative estimate of drug-likeness (QED) is 0.517. The SMILES string of the molecule is CC[C@H]1CN([C@@H](Cc2ccc3c(c2)CCC3)C(=O)O)CCN1C(=O)[C@@H]1CN(C(C)(C)C)C[C@H]1c1ccc(F)cc1F. The van der Waals surface area contributed by atoms with Gasteiger partial charge in [-0.1, -0.05) is 31.2 Å². The molecule has 41 heavy (non-hydrogen) atoms. The summed E-state index contributed by atoms with van der Waals surface area (Å²) in [4.78, 5) is 32.8. The first-order chi connectivity index (χ1) is 19.5. The average Bonchev–Trinajstić information content (AvgIpc) is 3.58. The zero-order valence-electron chi connectivity index (χ0n) is 24.7. The minimum Gasteiger partial charge on any atom is -0.480 e. The Hall–Kier alpha value is -2.84. The molecule has 3 aliphatic rings. The number of carboxylic acids is 1. The largest absolute Gasteiger partial charge is 0.480 e. The van der Waals surface area contributed by atoms with Crippen LogP contribution in [-0.4, -0.2) is 82.0 Å². The maximum Gasteiger partial charge on any atom is 0.321 e. The van der Waals surface area contributed by atoms with Crippen molar-refractivity contribution in [3.05, 3.63) is 70.3 Å². The first-order valence-electron chi connectivity index (χ1n) is 15.0. The second-order valence-corrected chi connectivity index (χ2v) is 13.1. The highest BCUT2D eigenvalue weighted by Crippen LogP contribution is 2.39. The van der Waals surface area contributed by atoms with Gasteiger partial charge in [0.25, 0.3) is 0 Å². The third-order valence-electron chi connectivity index (χ3n) is 9.53. The standard InChI is InChI=1S/C33H43F2N3O3/c1-5-25-18-36(30(32(40)41)16-21-9-10-22-7-6-8-23(22)15-21)13-14-38(25)31(39)28-20-37(33(2,3)4)19-27(28)26-12-11-24(34)17-29(26)35/h9-12,15,17,25,27-28,30H,5-8,13-14,16,18-20H2,1-4H3,(H,40,41)/t25-,27-,28+,30-/m0/s1. The molecule has 2 aromatic carbocycles. The van der Waals surface area contributed by atoms with Gasteiger partial charge in [-0.05, 0) is 81.2 Å². The van der Waals surface area contributed by atoms with Crippen molar-refractivity contribution in [2.24, 2.45) is 5.92 Å². The van der Waals surface area contributed by atoms with Gasteiger partial charge in [-0.15, -0.1) is 0 Å². The monoisotopic (exact) mass is 567 g/mol. The van der Waals surface area contributed by atoms with Gasteiger partial charge in [-0.2, -0.15) is 0 Å². The lowest BCUT2D eigenvalue weighted by Gasteiger charge is -2.44. The molecule has 222 valence electrons. The highest BCUT2D eigenvalue weighted by molar-refractivity contribution is 5.81. The van der Waals surface area contributed by atoms with Crippen LogP contribution in [0, 0.1) is 17.6 Å². The van der Waals surface area contributed by atoms with Gasteiger partial charge in [-0.25, -0.2) is 8.78 Å². The maximum atomic E-state index is 15.0. The van der Waals surface area contributed by atoms with Gasteiger partial charge in [0.05, 0.1) is 5.92 Å². The van der Waals surface area contributed by atoms with Gasteiger partial charge in [0.15, 0.2) is 0 Å². The molecule has 6 nitrogen and oxygen atoms in total. The molecular formula is C33H43F2N3O3. The Balaban J connectivity index is 1.34. The number of hydrogen-bond acceptors (Lipinski definition) is 4. The molecule has 2 heterocycles. The lowest BCUT2D eigenvalue weighted by Crippen LogP contribution is -2.60. The van der Waals surface area contributed by atoms with Crippen molar-refractivity contribution in [2.45, 2.75) is 83.3 Å². The van der Waals surface area contributed by atoms with Gasteiger partial charge < -0.3 is 10.0 Å². The van der Waals surface area contributed by atoms with Crippen molar-refractivity contribution in [3.63, 3.8) is 0 Å². The van der Waals surface area contributed by atoms with Crippen molar-refractivity contribution in [1.82, 2.24) is 14.7 Å². The summed E-state index contributed by atoms with van der Waals surface area (Å²) in [5.74, 6) is -2.96. The Kier molecular flexibility index (Phi) is 8.53. The number of aryl methyl sites for hydroxylation is 2. The maximum absolute atomic E-state index is 15.0. The predicted molar refractivity (Wildman–Crippen MR) is 155 cm³/mol. The van der Waals surface area contributed by atoms with E-state index >= 15 is 0 Å². The fourth-order valence-corrected chi connectivity index (χ4v) is 7.08. The molecule has 0 radical (unpaired) electrons. The van der Waals surface area contributed by atoms with Crippen LogP contribution in [0.15, 0.2) is 36.4 Å². The molecule has 0 bridgehead atoms. The van der Waals surface area contributed by atoms with E-state index in [1.807, 2.05) is 16.7 Å². The number of halogens is 2. The van der Waals surface area contributed by atoms with Crippen molar-refractivity contribution in [2.75, 3.05) is 32.7 Å². The van der Waals surface area contributed by atoms with E-state index in [-0.39, 0.29) is 23.4 Å². The average molecular weight is 568 g/mol. The van der Waals surface area contributed by atoms with Crippen LogP contribution >= 0.6 is 0 Å². The Morgan fingerprint density at radius 2 is 1.76 bits per heavy atom. The number of rotatable bonds is 7. The number of amides is 1. The van der Waals surface area contributed by atoms with E-state index in [4.69, 9.17) is 0 Å². The third-order valence-corrected chi connectivity index (χ3v) is 9.53. The summed E-state index contributed by atoms with van der Waals surface area (Å²) in [6.07, 6.45) is 4.42. The number of hydrogen-bond donors (Lipinski definition) is 1. The molecule has 2 fully saturated rings. The van der Waals surface area contributed by atoms with Gasteiger partial charge in [0, 0.05) is 56.3 Å². The number of piperazine rings is 1. The van der Waals surface area contributed by atoms with Crippen molar-refractivity contribution in [3.8, 4) is 0 Å². The second kappa shape index (κ2) is 11.8. The van der Waals surface area contributed by atoms with E-state index in [9.17, 15) is 23.5 Å². The molecule has 2 aliphatic heterocycles. The van der Waals surface area contributed by atoms with Crippen molar-refractivity contribution in [1.29, 1.82) is 0 Å². The number of benzene rings is 2. The fourth-order valence-electron chi connectivity index (χ4n) is 7.08. The minimum atomic E-state index is -0.844. The minimum absolute atomic E-state index is 0.0255. The number of likely N-dealkylation sites (tertiary alicyclic amines) is 1. The van der Waals surface area contributed by atoms with Crippen molar-refractivity contribution >= 4 is 11.9 Å². The summed E-state index contributed by atoms with van der Waals surface area (Å²) in [6.45, 7) is 10.7. The Morgan fingerprint density at radius 1 is 1.00 bits per heavy atom. The topological polar surface area (TPSA) is 64.1 Å². The zero-order chi connectivity index (χ0) is 29.5. The fraction of sp³-hybridized carbons (Fsp3) is 0.576. The summed E-state index contributed by atoms with van der Waals surface area (Å²) in [7, 11) is 0. The summed E-state index contributed by atoms with van der Waals surface area (Å²) in [5, 5.41) is 10.2. The van der Waals surface area contributed by atoms with E-state index in [1.165, 1.54) is 23.3 Å². The number of carbonyl (C=O) groups is 2. The summed E-state index contributed by atoms with van der Waals surface area (Å²) >= 11 is 0. The Bertz CT molecular complexity index is 1290. The van der Waals surface area contributed by atoms with Gasteiger partial charge >= 0.3 is 5.97 Å². The molecule has 0 saturated carbocycles. The molecule has 1 aliphatic carbocycles. The zero-order valence-corrected chi connectivity index (χ0v) is 24.7. The van der Waals surface area contributed by atoms with Crippen LogP contribution in [-0.2, 0) is 28.9 Å². The van der Waals surface area contributed by atoms with E-state index in [1.54, 1.807) is 0 Å². The Morgan fingerprint density at radius 3 is 2.44 bits per heavy atom. The third kappa shape index (κ3) is 6.19. The molecule has 2 saturated heterocycles.